The third kappa shape index (κ3) is 1.49. The Bertz CT molecular complexity index is 563. The van der Waals surface area contributed by atoms with Crippen LogP contribution in [0, 0.1) is 5.82 Å². The summed E-state index contributed by atoms with van der Waals surface area (Å²) in [7, 11) is 2.87. The molecule has 16 heavy (non-hydrogen) atoms. The Morgan fingerprint density at radius 1 is 1.69 bits per heavy atom. The van der Waals surface area contributed by atoms with Crippen LogP contribution < -0.4 is 0 Å². The highest BCUT2D eigenvalue weighted by Crippen LogP contribution is 2.30. The number of imidazole rings is 1. The zero-order chi connectivity index (χ0) is 11.9. The third-order valence-electron chi connectivity index (χ3n) is 2.25. The molecule has 0 N–H and O–H groups in total. The molecule has 0 unspecified atom stereocenters. The van der Waals surface area contributed by atoms with Gasteiger partial charge in [-0.15, -0.1) is 22.9 Å². The minimum Gasteiger partial charge on any atom is -0.465 e. The number of halogens is 2. The number of hydrogen-bond donors (Lipinski definition) is 0. The van der Waals surface area contributed by atoms with Crippen molar-refractivity contribution in [3.8, 4) is 0 Å². The second-order valence-corrected chi connectivity index (χ2v) is 4.38. The zero-order valence-corrected chi connectivity index (χ0v) is 10.2. The van der Waals surface area contributed by atoms with E-state index in [1.807, 2.05) is 0 Å². The van der Waals surface area contributed by atoms with Crippen molar-refractivity contribution in [1.82, 2.24) is 9.55 Å². The lowest BCUT2D eigenvalue weighted by molar-refractivity contribution is 0.0602. The maximum Gasteiger partial charge on any atom is 0.351 e. The van der Waals surface area contributed by atoms with Crippen LogP contribution in [0.1, 0.15) is 15.5 Å². The topological polar surface area (TPSA) is 44.1 Å². The van der Waals surface area contributed by atoms with Crippen LogP contribution in [-0.2, 0) is 17.7 Å². The van der Waals surface area contributed by atoms with Crippen LogP contribution in [0.25, 0.3) is 10.3 Å². The molecular weight excluding hydrogens is 255 g/mol. The molecule has 86 valence electrons. The van der Waals surface area contributed by atoms with E-state index in [2.05, 4.69) is 9.72 Å². The lowest BCUT2D eigenvalue weighted by atomic mass is 10.4. The van der Waals surface area contributed by atoms with Crippen molar-refractivity contribution in [3.05, 3.63) is 16.5 Å². The number of esters is 1. The first-order valence-corrected chi connectivity index (χ1v) is 5.73. The molecule has 0 bridgehead atoms. The summed E-state index contributed by atoms with van der Waals surface area (Å²) < 4.78 is 19.9. The number of nitrogens with zero attached hydrogens (tertiary/aromatic N) is 2. The fourth-order valence-corrected chi connectivity index (χ4v) is 2.68. The highest BCUT2D eigenvalue weighted by atomic mass is 35.5. The van der Waals surface area contributed by atoms with Crippen molar-refractivity contribution in [1.29, 1.82) is 0 Å². The SMILES string of the molecule is COC(=O)c1sc2nc(CCl)n(C)c2c1F. The molecule has 0 radical (unpaired) electrons. The fourth-order valence-electron chi connectivity index (χ4n) is 1.42. The number of aromatic nitrogens is 2. The molecule has 0 fully saturated rings. The summed E-state index contributed by atoms with van der Waals surface area (Å²) in [6, 6.07) is 0. The fraction of sp³-hybridized carbons (Fsp3) is 0.333. The van der Waals surface area contributed by atoms with E-state index in [1.54, 1.807) is 11.6 Å². The van der Waals surface area contributed by atoms with Crippen molar-refractivity contribution in [3.63, 3.8) is 0 Å². The van der Waals surface area contributed by atoms with Crippen LogP contribution in [0.15, 0.2) is 0 Å². The van der Waals surface area contributed by atoms with Crippen LogP contribution in [-0.4, -0.2) is 22.6 Å². The number of fused-ring (bicyclic) bond motifs is 1. The van der Waals surface area contributed by atoms with Gasteiger partial charge in [0, 0.05) is 7.05 Å². The van der Waals surface area contributed by atoms with Gasteiger partial charge in [-0.3, -0.25) is 0 Å². The molecule has 0 atom stereocenters. The van der Waals surface area contributed by atoms with E-state index in [0.717, 1.165) is 11.3 Å². The number of aryl methyl sites for hydroxylation is 1. The third-order valence-corrected chi connectivity index (χ3v) is 3.52. The first kappa shape index (κ1) is 11.3. The zero-order valence-electron chi connectivity index (χ0n) is 8.58. The molecule has 0 aliphatic carbocycles. The Hall–Kier alpha value is -1.14. The lowest BCUT2D eigenvalue weighted by Gasteiger charge is -1.98. The van der Waals surface area contributed by atoms with Crippen molar-refractivity contribution < 1.29 is 13.9 Å². The molecule has 0 aromatic carbocycles. The van der Waals surface area contributed by atoms with E-state index in [0.29, 0.717) is 16.2 Å². The Morgan fingerprint density at radius 2 is 2.38 bits per heavy atom. The predicted octanol–water partition coefficient (Wildman–Crippen LogP) is 2.30. The van der Waals surface area contributed by atoms with Gasteiger partial charge < -0.3 is 9.30 Å². The summed E-state index contributed by atoms with van der Waals surface area (Å²) in [5.41, 5.74) is 0.293. The summed E-state index contributed by atoms with van der Waals surface area (Å²) in [5.74, 6) is -0.519. The summed E-state index contributed by atoms with van der Waals surface area (Å²) in [5, 5.41) is 0. The Labute approximate surface area is 99.6 Å². The smallest absolute Gasteiger partial charge is 0.351 e. The molecule has 0 aliphatic rings. The molecule has 0 aliphatic heterocycles. The molecular formula is C9H8ClFN2O2S. The summed E-state index contributed by atoms with van der Waals surface area (Å²) in [4.78, 5) is 15.8. The number of carbonyl (C=O) groups excluding carboxylic acids is 1. The van der Waals surface area contributed by atoms with Gasteiger partial charge in [-0.2, -0.15) is 0 Å². The van der Waals surface area contributed by atoms with Crippen molar-refractivity contribution in [2.75, 3.05) is 7.11 Å². The minimum absolute atomic E-state index is 0.0586. The van der Waals surface area contributed by atoms with E-state index in [4.69, 9.17) is 11.6 Å². The van der Waals surface area contributed by atoms with Crippen molar-refractivity contribution in [2.45, 2.75) is 5.88 Å². The molecule has 0 saturated heterocycles. The molecule has 2 rings (SSSR count). The lowest BCUT2D eigenvalue weighted by Crippen LogP contribution is -2.02. The van der Waals surface area contributed by atoms with Gasteiger partial charge in [0.15, 0.2) is 10.7 Å². The first-order chi connectivity index (χ1) is 7.60. The van der Waals surface area contributed by atoms with E-state index >= 15 is 0 Å². The van der Waals surface area contributed by atoms with Crippen LogP contribution in [0.3, 0.4) is 0 Å². The molecule has 0 spiro atoms. The predicted molar refractivity (Wildman–Crippen MR) is 59.4 cm³/mol. The van der Waals surface area contributed by atoms with Gasteiger partial charge in [-0.05, 0) is 0 Å². The molecule has 2 heterocycles. The summed E-state index contributed by atoms with van der Waals surface area (Å²) in [6.07, 6.45) is 0. The van der Waals surface area contributed by atoms with Crippen LogP contribution in [0.5, 0.6) is 0 Å². The number of thiophene rings is 1. The monoisotopic (exact) mass is 262 g/mol. The highest BCUT2D eigenvalue weighted by Gasteiger charge is 2.23. The standard InChI is InChI=1S/C9H8ClFN2O2S/c1-13-4(3-10)12-8-6(13)5(11)7(16-8)9(14)15-2/h3H2,1-2H3. The van der Waals surface area contributed by atoms with Crippen molar-refractivity contribution in [2.24, 2.45) is 7.05 Å². The maximum absolute atomic E-state index is 13.9. The second-order valence-electron chi connectivity index (χ2n) is 3.11. The average Bonchev–Trinajstić information content (AvgIpc) is 2.76. The van der Waals surface area contributed by atoms with Gasteiger partial charge in [0.2, 0.25) is 0 Å². The van der Waals surface area contributed by atoms with E-state index in [9.17, 15) is 9.18 Å². The van der Waals surface area contributed by atoms with Crippen LogP contribution in [0.4, 0.5) is 4.39 Å². The number of methoxy groups -OCH3 is 1. The largest absolute Gasteiger partial charge is 0.465 e. The van der Waals surface area contributed by atoms with E-state index in [-0.39, 0.29) is 10.8 Å². The Morgan fingerprint density at radius 3 is 2.88 bits per heavy atom. The average molecular weight is 263 g/mol. The van der Waals surface area contributed by atoms with Crippen molar-refractivity contribution >= 4 is 39.3 Å². The van der Waals surface area contributed by atoms with Crippen LogP contribution in [0.2, 0.25) is 0 Å². The quantitative estimate of drug-likeness (QED) is 0.616. The summed E-state index contributed by atoms with van der Waals surface area (Å²) in [6.45, 7) is 0. The van der Waals surface area contributed by atoms with Gasteiger partial charge in [-0.25, -0.2) is 14.2 Å². The Kier molecular flexibility index (Phi) is 2.86. The highest BCUT2D eigenvalue weighted by molar-refractivity contribution is 7.20. The number of ether oxygens (including phenoxy) is 1. The van der Waals surface area contributed by atoms with Gasteiger partial charge >= 0.3 is 5.97 Å². The number of alkyl halides is 1. The second kappa shape index (κ2) is 4.03. The maximum atomic E-state index is 13.9. The Balaban J connectivity index is 2.67. The molecule has 7 heteroatoms. The van der Waals surface area contributed by atoms with Gasteiger partial charge in [-0.1, -0.05) is 0 Å². The van der Waals surface area contributed by atoms with Gasteiger partial charge in [0.1, 0.15) is 16.2 Å². The van der Waals surface area contributed by atoms with E-state index < -0.39 is 11.8 Å². The van der Waals surface area contributed by atoms with Gasteiger partial charge in [0.25, 0.3) is 0 Å². The number of carbonyl (C=O) groups is 1. The number of hydrogen-bond acceptors (Lipinski definition) is 4. The first-order valence-electron chi connectivity index (χ1n) is 4.38. The summed E-state index contributed by atoms with van der Waals surface area (Å²) >= 11 is 6.62. The van der Waals surface area contributed by atoms with E-state index in [1.165, 1.54) is 7.11 Å². The van der Waals surface area contributed by atoms with Gasteiger partial charge in [0.05, 0.1) is 13.0 Å². The normalized spacial score (nSPS) is 11.0. The molecule has 0 saturated carbocycles. The molecule has 2 aromatic rings. The molecule has 4 nitrogen and oxygen atoms in total. The molecule has 0 amide bonds. The van der Waals surface area contributed by atoms with Crippen LogP contribution >= 0.6 is 22.9 Å². The minimum atomic E-state index is -0.687. The number of rotatable bonds is 2. The molecule has 2 aromatic heterocycles.